The van der Waals surface area contributed by atoms with Crippen LogP contribution in [0.1, 0.15) is 18.4 Å². The van der Waals surface area contributed by atoms with Crippen LogP contribution in [-0.4, -0.2) is 37.7 Å². The first-order valence-electron chi connectivity index (χ1n) is 6.93. The van der Waals surface area contributed by atoms with Gasteiger partial charge in [-0.1, -0.05) is 12.1 Å². The molecule has 1 fully saturated rings. The molecule has 1 aliphatic rings. The van der Waals surface area contributed by atoms with Crippen molar-refractivity contribution in [2.75, 3.05) is 13.7 Å². The van der Waals surface area contributed by atoms with E-state index in [9.17, 15) is 9.59 Å². The predicted molar refractivity (Wildman–Crippen MR) is 76.8 cm³/mol. The minimum absolute atomic E-state index is 0.0114. The molecule has 0 heterocycles. The second-order valence-corrected chi connectivity index (χ2v) is 5.11. The van der Waals surface area contributed by atoms with Crippen molar-refractivity contribution in [1.29, 1.82) is 0 Å². The van der Waals surface area contributed by atoms with Crippen molar-refractivity contribution in [3.63, 3.8) is 0 Å². The lowest BCUT2D eigenvalue weighted by molar-refractivity contribution is -0.142. The number of carbonyl (C=O) groups is 2. The standard InChI is InChI=1S/C15H20N2O4/c1-20-15(19)13(16)8-10-2-6-12(7-3-10)21-9-14(18)17-11-4-5-11/h2-3,6-7,11,13H,4-5,8-9,16H2,1H3,(H,17,18). The van der Waals surface area contributed by atoms with Crippen LogP contribution >= 0.6 is 0 Å². The van der Waals surface area contributed by atoms with Crippen LogP contribution in [0.5, 0.6) is 5.75 Å². The summed E-state index contributed by atoms with van der Waals surface area (Å²) in [5.74, 6) is 0.0673. The molecule has 0 spiro atoms. The predicted octanol–water partition coefficient (Wildman–Crippen LogP) is 0.387. The second kappa shape index (κ2) is 7.08. The maximum atomic E-state index is 11.5. The highest BCUT2D eigenvalue weighted by molar-refractivity contribution is 5.78. The summed E-state index contributed by atoms with van der Waals surface area (Å²) in [6.45, 7) is 0.0114. The summed E-state index contributed by atoms with van der Waals surface area (Å²) >= 11 is 0. The number of benzene rings is 1. The van der Waals surface area contributed by atoms with Crippen LogP contribution in [0.2, 0.25) is 0 Å². The Morgan fingerprint density at radius 1 is 1.33 bits per heavy atom. The van der Waals surface area contributed by atoms with E-state index in [1.807, 2.05) is 12.1 Å². The molecule has 0 radical (unpaired) electrons. The number of carbonyl (C=O) groups excluding carboxylic acids is 2. The lowest BCUT2D eigenvalue weighted by atomic mass is 10.1. The van der Waals surface area contributed by atoms with Gasteiger partial charge in [-0.2, -0.15) is 0 Å². The first-order chi connectivity index (χ1) is 10.1. The lowest BCUT2D eigenvalue weighted by Crippen LogP contribution is -2.33. The minimum Gasteiger partial charge on any atom is -0.484 e. The number of amides is 1. The van der Waals surface area contributed by atoms with E-state index in [-0.39, 0.29) is 12.5 Å². The van der Waals surface area contributed by atoms with Crippen molar-refractivity contribution >= 4 is 11.9 Å². The third kappa shape index (κ3) is 5.07. The fourth-order valence-corrected chi connectivity index (χ4v) is 1.86. The highest BCUT2D eigenvalue weighted by Crippen LogP contribution is 2.18. The number of rotatable bonds is 7. The van der Waals surface area contributed by atoms with E-state index in [4.69, 9.17) is 10.5 Å². The van der Waals surface area contributed by atoms with Gasteiger partial charge < -0.3 is 20.5 Å². The highest BCUT2D eigenvalue weighted by Gasteiger charge is 2.23. The van der Waals surface area contributed by atoms with Crippen molar-refractivity contribution in [3.8, 4) is 5.75 Å². The number of ether oxygens (including phenoxy) is 2. The van der Waals surface area contributed by atoms with Crippen molar-refractivity contribution < 1.29 is 19.1 Å². The van der Waals surface area contributed by atoms with Gasteiger partial charge in [0.2, 0.25) is 0 Å². The topological polar surface area (TPSA) is 90.7 Å². The van der Waals surface area contributed by atoms with Crippen LogP contribution in [0, 0.1) is 0 Å². The molecule has 1 aromatic carbocycles. The maximum absolute atomic E-state index is 11.5. The molecular weight excluding hydrogens is 272 g/mol. The summed E-state index contributed by atoms with van der Waals surface area (Å²) in [5, 5.41) is 2.85. The molecule has 0 bridgehead atoms. The minimum atomic E-state index is -0.675. The van der Waals surface area contributed by atoms with E-state index in [0.717, 1.165) is 18.4 Å². The monoisotopic (exact) mass is 292 g/mol. The van der Waals surface area contributed by atoms with Crippen molar-refractivity contribution in [3.05, 3.63) is 29.8 Å². The summed E-state index contributed by atoms with van der Waals surface area (Å²) < 4.78 is 9.97. The molecule has 0 aliphatic heterocycles. The Kier molecular flexibility index (Phi) is 5.16. The molecular formula is C15H20N2O4. The zero-order chi connectivity index (χ0) is 15.2. The summed E-state index contributed by atoms with van der Waals surface area (Å²) in [7, 11) is 1.31. The molecule has 21 heavy (non-hydrogen) atoms. The van der Waals surface area contributed by atoms with Gasteiger partial charge in [-0.25, -0.2) is 0 Å². The molecule has 2 rings (SSSR count). The molecule has 1 saturated carbocycles. The zero-order valence-corrected chi connectivity index (χ0v) is 12.0. The number of hydrogen-bond donors (Lipinski definition) is 2. The third-order valence-electron chi connectivity index (χ3n) is 3.20. The van der Waals surface area contributed by atoms with E-state index >= 15 is 0 Å². The van der Waals surface area contributed by atoms with Gasteiger partial charge in [-0.15, -0.1) is 0 Å². The van der Waals surface area contributed by atoms with Gasteiger partial charge in [-0.05, 0) is 37.0 Å². The van der Waals surface area contributed by atoms with Crippen LogP contribution < -0.4 is 15.8 Å². The van der Waals surface area contributed by atoms with Gasteiger partial charge in [-0.3, -0.25) is 9.59 Å². The molecule has 1 aromatic rings. The number of methoxy groups -OCH3 is 1. The van der Waals surface area contributed by atoms with Gasteiger partial charge in [0, 0.05) is 6.04 Å². The van der Waals surface area contributed by atoms with E-state index in [1.165, 1.54) is 7.11 Å². The van der Waals surface area contributed by atoms with Crippen molar-refractivity contribution in [1.82, 2.24) is 5.32 Å². The maximum Gasteiger partial charge on any atom is 0.322 e. The van der Waals surface area contributed by atoms with Crippen LogP contribution in [0.3, 0.4) is 0 Å². The van der Waals surface area contributed by atoms with Crippen molar-refractivity contribution in [2.24, 2.45) is 5.73 Å². The van der Waals surface area contributed by atoms with Gasteiger partial charge in [0.15, 0.2) is 6.61 Å². The number of esters is 1. The largest absolute Gasteiger partial charge is 0.484 e. The van der Waals surface area contributed by atoms with Gasteiger partial charge in [0.1, 0.15) is 11.8 Å². The molecule has 114 valence electrons. The summed E-state index contributed by atoms with van der Waals surface area (Å²) in [4.78, 5) is 22.7. The van der Waals surface area contributed by atoms with E-state index < -0.39 is 12.0 Å². The fourth-order valence-electron chi connectivity index (χ4n) is 1.86. The Morgan fingerprint density at radius 3 is 2.57 bits per heavy atom. The van der Waals surface area contributed by atoms with Crippen LogP contribution in [0.15, 0.2) is 24.3 Å². The smallest absolute Gasteiger partial charge is 0.322 e. The van der Waals surface area contributed by atoms with E-state index in [1.54, 1.807) is 12.1 Å². The summed E-state index contributed by atoms with van der Waals surface area (Å²) in [5.41, 5.74) is 6.59. The SMILES string of the molecule is COC(=O)C(N)Cc1ccc(OCC(=O)NC2CC2)cc1. The van der Waals surface area contributed by atoms with E-state index in [0.29, 0.717) is 18.2 Å². The molecule has 6 nitrogen and oxygen atoms in total. The Bertz CT molecular complexity index is 497. The lowest BCUT2D eigenvalue weighted by Gasteiger charge is -2.10. The molecule has 0 saturated heterocycles. The highest BCUT2D eigenvalue weighted by atomic mass is 16.5. The zero-order valence-electron chi connectivity index (χ0n) is 12.0. The van der Waals surface area contributed by atoms with Crippen LogP contribution in [0.4, 0.5) is 0 Å². The third-order valence-corrected chi connectivity index (χ3v) is 3.20. The van der Waals surface area contributed by atoms with Gasteiger partial charge >= 0.3 is 5.97 Å². The normalized spacial score (nSPS) is 15.1. The molecule has 3 N–H and O–H groups in total. The van der Waals surface area contributed by atoms with Crippen LogP contribution in [-0.2, 0) is 20.7 Å². The van der Waals surface area contributed by atoms with Crippen molar-refractivity contribution in [2.45, 2.75) is 31.3 Å². The Hall–Kier alpha value is -2.08. The molecule has 0 aromatic heterocycles. The average molecular weight is 292 g/mol. The Labute approximate surface area is 123 Å². The summed E-state index contributed by atoms with van der Waals surface area (Å²) in [6, 6.07) is 6.80. The molecule has 6 heteroatoms. The quantitative estimate of drug-likeness (QED) is 0.709. The van der Waals surface area contributed by atoms with Gasteiger partial charge in [0.05, 0.1) is 7.11 Å². The molecule has 1 aliphatic carbocycles. The fraction of sp³-hybridized carbons (Fsp3) is 0.467. The second-order valence-electron chi connectivity index (χ2n) is 5.11. The molecule has 1 atom stereocenters. The molecule has 1 unspecified atom stereocenters. The average Bonchev–Trinajstić information content (AvgIpc) is 3.29. The molecule has 1 amide bonds. The van der Waals surface area contributed by atoms with E-state index in [2.05, 4.69) is 10.1 Å². The summed E-state index contributed by atoms with van der Waals surface area (Å²) in [6.07, 6.45) is 2.51. The Morgan fingerprint density at radius 2 is 2.00 bits per heavy atom. The number of nitrogens with two attached hydrogens (primary N) is 1. The number of hydrogen-bond acceptors (Lipinski definition) is 5. The Balaban J connectivity index is 1.78. The first kappa shape index (κ1) is 15.3. The first-order valence-corrected chi connectivity index (χ1v) is 6.93. The number of nitrogens with one attached hydrogen (secondary N) is 1. The van der Waals surface area contributed by atoms with Crippen LogP contribution in [0.25, 0.3) is 0 Å². The van der Waals surface area contributed by atoms with Gasteiger partial charge in [0.25, 0.3) is 5.91 Å².